The zero-order chi connectivity index (χ0) is 20.7. The highest BCUT2D eigenvalue weighted by Crippen LogP contribution is 2.38. The van der Waals surface area contributed by atoms with E-state index in [1.54, 1.807) is 18.6 Å². The Morgan fingerprint density at radius 3 is 2.63 bits per heavy atom. The summed E-state index contributed by atoms with van der Waals surface area (Å²) in [6.07, 6.45) is 6.66. The van der Waals surface area contributed by atoms with E-state index < -0.39 is 0 Å². The number of carbonyl (C=O) groups is 1. The summed E-state index contributed by atoms with van der Waals surface area (Å²) in [4.78, 5) is 23.6. The second kappa shape index (κ2) is 7.65. The van der Waals surface area contributed by atoms with Gasteiger partial charge in [-0.15, -0.1) is 0 Å². The second-order valence-electron chi connectivity index (χ2n) is 7.91. The highest BCUT2D eigenvalue weighted by Gasteiger charge is 2.25. The minimum absolute atomic E-state index is 0.265. The molecule has 0 spiro atoms. The number of hydrogen-bond donors (Lipinski definition) is 0. The minimum Gasteiger partial charge on any atom is -0.339 e. The molecular formula is C25H26N4O. The number of carbonyl (C=O) groups excluding carboxylic acids is 1. The lowest BCUT2D eigenvalue weighted by molar-refractivity contribution is 0.0994. The molecule has 0 radical (unpaired) electrons. The molecule has 0 saturated heterocycles. The van der Waals surface area contributed by atoms with Crippen LogP contribution in [0.4, 0.5) is 0 Å². The van der Waals surface area contributed by atoms with Crippen molar-refractivity contribution < 1.29 is 4.79 Å². The number of ketones is 1. The van der Waals surface area contributed by atoms with Crippen molar-refractivity contribution in [3.8, 4) is 11.3 Å². The summed E-state index contributed by atoms with van der Waals surface area (Å²) in [6.45, 7) is 8.46. The summed E-state index contributed by atoms with van der Waals surface area (Å²) in [5.74, 6) is 0.265. The molecule has 2 aromatic carbocycles. The van der Waals surface area contributed by atoms with Crippen molar-refractivity contribution in [3.63, 3.8) is 0 Å². The van der Waals surface area contributed by atoms with Crippen LogP contribution in [0.15, 0.2) is 48.9 Å². The van der Waals surface area contributed by atoms with E-state index in [1.165, 1.54) is 27.4 Å². The Morgan fingerprint density at radius 2 is 1.87 bits per heavy atom. The molecule has 0 N–H and O–H groups in total. The van der Waals surface area contributed by atoms with Gasteiger partial charge in [-0.05, 0) is 49.3 Å². The Bertz CT molecular complexity index is 1240. The molecule has 152 valence electrons. The maximum Gasteiger partial charge on any atom is 0.163 e. The molecule has 0 amide bonds. The van der Waals surface area contributed by atoms with Crippen LogP contribution in [0.25, 0.3) is 33.1 Å². The average molecular weight is 399 g/mol. The standard InChI is InChI=1S/C25H26N4O/c1-3-28(4-2)13-14-29-22-8-5-17(21-16-26-11-12-27-21)15-20(22)25-19-7-10-24(30)18(19)6-9-23(25)29/h5-6,8-9,11-12,15-16H,3-4,7,10,13-14H2,1-2H3. The van der Waals surface area contributed by atoms with Gasteiger partial charge in [0.25, 0.3) is 0 Å². The summed E-state index contributed by atoms with van der Waals surface area (Å²) in [5, 5.41) is 2.44. The normalized spacial score (nSPS) is 13.6. The van der Waals surface area contributed by atoms with E-state index in [0.29, 0.717) is 6.42 Å². The quantitative estimate of drug-likeness (QED) is 0.471. The predicted molar refractivity (Wildman–Crippen MR) is 121 cm³/mol. The Morgan fingerprint density at radius 1 is 1.03 bits per heavy atom. The summed E-state index contributed by atoms with van der Waals surface area (Å²) < 4.78 is 2.42. The van der Waals surface area contributed by atoms with E-state index in [2.05, 4.69) is 57.5 Å². The Kier molecular flexibility index (Phi) is 4.83. The molecule has 0 saturated carbocycles. The SMILES string of the molecule is CCN(CC)CCn1c2ccc(-c3cnccn3)cc2c2c3c(ccc21)C(=O)CC3. The van der Waals surface area contributed by atoms with Gasteiger partial charge in [0, 0.05) is 64.8 Å². The van der Waals surface area contributed by atoms with Crippen molar-refractivity contribution in [2.75, 3.05) is 19.6 Å². The fraction of sp³-hybridized carbons (Fsp3) is 0.320. The maximum atomic E-state index is 12.4. The van der Waals surface area contributed by atoms with E-state index in [-0.39, 0.29) is 5.78 Å². The second-order valence-corrected chi connectivity index (χ2v) is 7.91. The van der Waals surface area contributed by atoms with E-state index in [1.807, 2.05) is 6.07 Å². The van der Waals surface area contributed by atoms with Gasteiger partial charge in [-0.1, -0.05) is 19.9 Å². The highest BCUT2D eigenvalue weighted by atomic mass is 16.1. The molecule has 0 fully saturated rings. The monoisotopic (exact) mass is 398 g/mol. The van der Waals surface area contributed by atoms with Gasteiger partial charge in [0.2, 0.25) is 0 Å². The predicted octanol–water partition coefficient (Wildman–Crippen LogP) is 4.72. The highest BCUT2D eigenvalue weighted by molar-refractivity contribution is 6.15. The van der Waals surface area contributed by atoms with Crippen molar-refractivity contribution in [1.29, 1.82) is 0 Å². The van der Waals surface area contributed by atoms with Gasteiger partial charge in [0.05, 0.1) is 11.9 Å². The van der Waals surface area contributed by atoms with Crippen LogP contribution in [0.2, 0.25) is 0 Å². The van der Waals surface area contributed by atoms with Gasteiger partial charge in [-0.25, -0.2) is 0 Å². The lowest BCUT2D eigenvalue weighted by atomic mass is 10.0. The molecule has 0 unspecified atom stereocenters. The first-order valence-corrected chi connectivity index (χ1v) is 10.8. The first-order chi connectivity index (χ1) is 14.7. The number of likely N-dealkylation sites (N-methyl/N-ethyl adjacent to an activating group) is 1. The summed E-state index contributed by atoms with van der Waals surface area (Å²) >= 11 is 0. The van der Waals surface area contributed by atoms with E-state index in [0.717, 1.165) is 49.4 Å². The number of rotatable bonds is 6. The van der Waals surface area contributed by atoms with Crippen molar-refractivity contribution in [1.82, 2.24) is 19.4 Å². The molecule has 30 heavy (non-hydrogen) atoms. The number of hydrogen-bond acceptors (Lipinski definition) is 4. The van der Waals surface area contributed by atoms with Gasteiger partial charge in [0.1, 0.15) is 0 Å². The first kappa shape index (κ1) is 18.9. The molecule has 1 aliphatic carbocycles. The molecule has 2 heterocycles. The molecule has 2 aromatic heterocycles. The lowest BCUT2D eigenvalue weighted by Gasteiger charge is -2.19. The van der Waals surface area contributed by atoms with Crippen LogP contribution in [-0.4, -0.2) is 44.9 Å². The fourth-order valence-corrected chi connectivity index (χ4v) is 4.79. The van der Waals surface area contributed by atoms with Crippen LogP contribution in [0.5, 0.6) is 0 Å². The number of fused-ring (bicyclic) bond motifs is 5. The van der Waals surface area contributed by atoms with Gasteiger partial charge >= 0.3 is 0 Å². The number of aromatic nitrogens is 3. The third-order valence-corrected chi connectivity index (χ3v) is 6.43. The summed E-state index contributed by atoms with van der Waals surface area (Å²) in [5.41, 5.74) is 6.47. The summed E-state index contributed by atoms with van der Waals surface area (Å²) in [6, 6.07) is 10.7. The van der Waals surface area contributed by atoms with Crippen molar-refractivity contribution in [2.45, 2.75) is 33.2 Å². The number of aryl methyl sites for hydroxylation is 1. The van der Waals surface area contributed by atoms with Gasteiger partial charge in [0.15, 0.2) is 5.78 Å². The topological polar surface area (TPSA) is 51.0 Å². The van der Waals surface area contributed by atoms with Gasteiger partial charge < -0.3 is 9.47 Å². The van der Waals surface area contributed by atoms with E-state index >= 15 is 0 Å². The van der Waals surface area contributed by atoms with Crippen molar-refractivity contribution in [2.24, 2.45) is 0 Å². The molecule has 5 nitrogen and oxygen atoms in total. The molecule has 1 aliphatic rings. The first-order valence-electron chi connectivity index (χ1n) is 10.8. The maximum absolute atomic E-state index is 12.4. The Balaban J connectivity index is 1.73. The van der Waals surface area contributed by atoms with Crippen LogP contribution in [-0.2, 0) is 13.0 Å². The third kappa shape index (κ3) is 3.01. The zero-order valence-electron chi connectivity index (χ0n) is 17.6. The molecule has 0 atom stereocenters. The average Bonchev–Trinajstić information content (AvgIpc) is 3.32. The van der Waals surface area contributed by atoms with E-state index in [9.17, 15) is 4.79 Å². The van der Waals surface area contributed by atoms with Crippen LogP contribution < -0.4 is 0 Å². The van der Waals surface area contributed by atoms with Crippen LogP contribution in [0.1, 0.15) is 36.2 Å². The molecule has 4 aromatic rings. The molecule has 5 rings (SSSR count). The fourth-order valence-electron chi connectivity index (χ4n) is 4.79. The Hall–Kier alpha value is -3.05. The third-order valence-electron chi connectivity index (χ3n) is 6.43. The zero-order valence-corrected chi connectivity index (χ0v) is 17.6. The van der Waals surface area contributed by atoms with Crippen molar-refractivity contribution in [3.05, 3.63) is 60.0 Å². The molecule has 0 bridgehead atoms. The van der Waals surface area contributed by atoms with Crippen LogP contribution in [0, 0.1) is 0 Å². The van der Waals surface area contributed by atoms with Gasteiger partial charge in [-0.2, -0.15) is 0 Å². The van der Waals surface area contributed by atoms with Gasteiger partial charge in [-0.3, -0.25) is 14.8 Å². The molecular weight excluding hydrogens is 372 g/mol. The molecule has 0 aliphatic heterocycles. The lowest BCUT2D eigenvalue weighted by Crippen LogP contribution is -2.26. The smallest absolute Gasteiger partial charge is 0.163 e. The summed E-state index contributed by atoms with van der Waals surface area (Å²) in [7, 11) is 0. The van der Waals surface area contributed by atoms with Crippen molar-refractivity contribution >= 4 is 27.6 Å². The van der Waals surface area contributed by atoms with Crippen LogP contribution >= 0.6 is 0 Å². The minimum atomic E-state index is 0.265. The number of benzene rings is 2. The van der Waals surface area contributed by atoms with E-state index in [4.69, 9.17) is 0 Å². The van der Waals surface area contributed by atoms with Crippen LogP contribution in [0.3, 0.4) is 0 Å². The largest absolute Gasteiger partial charge is 0.339 e. The molecule has 5 heteroatoms. The Labute approximate surface area is 176 Å². The number of nitrogens with zero attached hydrogens (tertiary/aromatic N) is 4. The number of Topliss-reactive ketones (excluding diaryl/α,β-unsaturated/α-hetero) is 1.